The molecule has 3 aromatic rings. The number of halogens is 2. The Morgan fingerprint density at radius 1 is 1.23 bits per heavy atom. The Hall–Kier alpha value is -3.12. The summed E-state index contributed by atoms with van der Waals surface area (Å²) in [4.78, 5) is 25.3. The number of carbonyl (C=O) groups excluding carboxylic acids is 2. The fourth-order valence-corrected chi connectivity index (χ4v) is 4.40. The van der Waals surface area contributed by atoms with Gasteiger partial charge in [-0.1, -0.05) is 48.0 Å². The molecule has 2 aromatic carbocycles. The Labute approximate surface area is 183 Å². The molecule has 0 bridgehead atoms. The maximum atomic E-state index is 13.5. The van der Waals surface area contributed by atoms with Crippen LogP contribution < -0.4 is 5.32 Å². The number of hydrogen-bond donors (Lipinski definition) is 1. The predicted octanol–water partition coefficient (Wildman–Crippen LogP) is 5.17. The number of amides is 1. The zero-order valence-corrected chi connectivity index (χ0v) is 17.8. The van der Waals surface area contributed by atoms with Crippen molar-refractivity contribution in [3.05, 3.63) is 82.3 Å². The number of hydrogen-bond acceptors (Lipinski definition) is 4. The largest absolute Gasteiger partial charge is 0.469 e. The van der Waals surface area contributed by atoms with Crippen LogP contribution in [0.5, 0.6) is 0 Å². The molecule has 160 valence electrons. The smallest absolute Gasteiger partial charge is 0.313 e. The molecule has 1 aliphatic carbocycles. The van der Waals surface area contributed by atoms with Gasteiger partial charge in [-0.2, -0.15) is 0 Å². The fourth-order valence-electron chi connectivity index (χ4n) is 4.12. The monoisotopic (exact) mass is 441 g/mol. The van der Waals surface area contributed by atoms with Crippen LogP contribution in [-0.4, -0.2) is 25.0 Å². The SMILES string of the molecule is COC(=O)[C@H](c1ccc(F)cc1Cl)[C@H]1C=C[C@H](NC(=O)c2oc3ccccc3c2C)C1. The van der Waals surface area contributed by atoms with Crippen molar-refractivity contribution >= 4 is 34.4 Å². The molecular formula is C24H21ClFNO4. The van der Waals surface area contributed by atoms with Crippen LogP contribution in [0.2, 0.25) is 5.02 Å². The summed E-state index contributed by atoms with van der Waals surface area (Å²) in [6.45, 7) is 1.85. The number of benzene rings is 2. The predicted molar refractivity (Wildman–Crippen MR) is 116 cm³/mol. The molecule has 0 radical (unpaired) electrons. The molecule has 31 heavy (non-hydrogen) atoms. The lowest BCUT2D eigenvalue weighted by Crippen LogP contribution is -2.34. The molecule has 7 heteroatoms. The van der Waals surface area contributed by atoms with Gasteiger partial charge in [0.2, 0.25) is 0 Å². The van der Waals surface area contributed by atoms with Crippen LogP contribution in [0.15, 0.2) is 59.0 Å². The van der Waals surface area contributed by atoms with Crippen molar-refractivity contribution in [1.29, 1.82) is 0 Å². The number of nitrogens with one attached hydrogen (secondary N) is 1. The highest BCUT2D eigenvalue weighted by molar-refractivity contribution is 6.31. The number of esters is 1. The zero-order valence-electron chi connectivity index (χ0n) is 17.0. The number of rotatable bonds is 5. The Morgan fingerprint density at radius 3 is 2.71 bits per heavy atom. The summed E-state index contributed by atoms with van der Waals surface area (Å²) in [6.07, 6.45) is 4.17. The number of aryl methyl sites for hydroxylation is 1. The Bertz CT molecular complexity index is 1190. The topological polar surface area (TPSA) is 68.5 Å². The maximum Gasteiger partial charge on any atom is 0.313 e. The molecule has 4 rings (SSSR count). The van der Waals surface area contributed by atoms with Gasteiger partial charge >= 0.3 is 5.97 Å². The summed E-state index contributed by atoms with van der Waals surface area (Å²) in [5, 5.41) is 4.00. The molecule has 5 nitrogen and oxygen atoms in total. The third-order valence-electron chi connectivity index (χ3n) is 5.66. The fraction of sp³-hybridized carbons (Fsp3) is 0.250. The van der Waals surface area contributed by atoms with Crippen molar-refractivity contribution < 1.29 is 23.1 Å². The first-order valence-corrected chi connectivity index (χ1v) is 10.3. The van der Waals surface area contributed by atoms with Gasteiger partial charge in [0.25, 0.3) is 5.91 Å². The summed E-state index contributed by atoms with van der Waals surface area (Å²) in [5.41, 5.74) is 1.92. The number of furan rings is 1. The van der Waals surface area contributed by atoms with E-state index in [0.29, 0.717) is 17.6 Å². The van der Waals surface area contributed by atoms with E-state index in [-0.39, 0.29) is 28.6 Å². The van der Waals surface area contributed by atoms with Crippen LogP contribution >= 0.6 is 11.6 Å². The first-order valence-electron chi connectivity index (χ1n) is 9.89. The molecule has 0 saturated heterocycles. The quantitative estimate of drug-likeness (QED) is 0.438. The minimum absolute atomic E-state index is 0.161. The molecule has 3 atom stereocenters. The maximum absolute atomic E-state index is 13.5. The summed E-state index contributed by atoms with van der Waals surface area (Å²) < 4.78 is 24.2. The molecule has 1 amide bonds. The highest BCUT2D eigenvalue weighted by atomic mass is 35.5. The summed E-state index contributed by atoms with van der Waals surface area (Å²) in [6, 6.07) is 11.1. The van der Waals surface area contributed by atoms with Gasteiger partial charge < -0.3 is 14.5 Å². The van der Waals surface area contributed by atoms with Gasteiger partial charge in [0, 0.05) is 22.0 Å². The Morgan fingerprint density at radius 2 is 2.00 bits per heavy atom. The third-order valence-corrected chi connectivity index (χ3v) is 5.99. The van der Waals surface area contributed by atoms with E-state index in [9.17, 15) is 14.0 Å². The van der Waals surface area contributed by atoms with E-state index in [0.717, 1.165) is 10.9 Å². The van der Waals surface area contributed by atoms with Crippen molar-refractivity contribution in [2.45, 2.75) is 25.3 Å². The highest BCUT2D eigenvalue weighted by Crippen LogP contribution is 2.38. The number of ether oxygens (including phenoxy) is 1. The molecule has 0 fully saturated rings. The second kappa shape index (κ2) is 8.55. The van der Waals surface area contributed by atoms with Crippen LogP contribution in [0.3, 0.4) is 0 Å². The van der Waals surface area contributed by atoms with Gasteiger partial charge in [0.15, 0.2) is 5.76 Å². The van der Waals surface area contributed by atoms with Gasteiger partial charge in [0.05, 0.1) is 13.0 Å². The van der Waals surface area contributed by atoms with Crippen LogP contribution in [0.4, 0.5) is 4.39 Å². The van der Waals surface area contributed by atoms with Crippen molar-refractivity contribution in [3.8, 4) is 0 Å². The number of para-hydroxylation sites is 1. The number of fused-ring (bicyclic) bond motifs is 1. The van der Waals surface area contributed by atoms with Crippen LogP contribution in [0, 0.1) is 18.7 Å². The van der Waals surface area contributed by atoms with Gasteiger partial charge in [-0.05, 0) is 43.0 Å². The lowest BCUT2D eigenvalue weighted by atomic mass is 9.85. The number of methoxy groups -OCH3 is 1. The first-order chi connectivity index (χ1) is 14.9. The normalized spacial score (nSPS) is 18.8. The molecule has 0 aliphatic heterocycles. The van der Waals surface area contributed by atoms with E-state index in [1.807, 2.05) is 43.3 Å². The first kappa shape index (κ1) is 21.1. The average molecular weight is 442 g/mol. The van der Waals surface area contributed by atoms with Gasteiger partial charge in [-0.3, -0.25) is 9.59 Å². The highest BCUT2D eigenvalue weighted by Gasteiger charge is 2.35. The van der Waals surface area contributed by atoms with Crippen LogP contribution in [0.1, 0.15) is 34.0 Å². The summed E-state index contributed by atoms with van der Waals surface area (Å²) >= 11 is 6.21. The van der Waals surface area contributed by atoms with Crippen LogP contribution in [-0.2, 0) is 9.53 Å². The molecule has 1 N–H and O–H groups in total. The molecule has 1 aliphatic rings. The molecular weight excluding hydrogens is 421 g/mol. The standard InChI is InChI=1S/C24H21ClFNO4/c1-13-17-5-3-4-6-20(17)31-22(13)23(28)27-16-9-7-14(11-16)21(24(29)30-2)18-10-8-15(26)12-19(18)25/h3-10,12,14,16,21H,11H2,1-2H3,(H,27,28)/t14-,16-,21-/m0/s1. The number of carbonyl (C=O) groups is 2. The molecule has 0 saturated carbocycles. The van der Waals surface area contributed by atoms with Crippen molar-refractivity contribution in [2.24, 2.45) is 5.92 Å². The van der Waals surface area contributed by atoms with Crippen LogP contribution in [0.25, 0.3) is 11.0 Å². The minimum Gasteiger partial charge on any atom is -0.469 e. The zero-order chi connectivity index (χ0) is 22.1. The third kappa shape index (κ3) is 4.08. The molecule has 0 unspecified atom stereocenters. The van der Waals surface area contributed by atoms with E-state index in [1.54, 1.807) is 0 Å². The van der Waals surface area contributed by atoms with Gasteiger partial charge in [0.1, 0.15) is 11.4 Å². The van der Waals surface area contributed by atoms with Gasteiger partial charge in [-0.15, -0.1) is 0 Å². The molecule has 0 spiro atoms. The van der Waals surface area contributed by atoms with E-state index in [4.69, 9.17) is 20.8 Å². The number of allylic oxidation sites excluding steroid dienone is 1. The summed E-state index contributed by atoms with van der Waals surface area (Å²) in [5.74, 6) is -1.97. The van der Waals surface area contributed by atoms with E-state index < -0.39 is 17.7 Å². The lowest BCUT2D eigenvalue weighted by Gasteiger charge is -2.23. The Balaban J connectivity index is 1.52. The van der Waals surface area contributed by atoms with Gasteiger partial charge in [-0.25, -0.2) is 4.39 Å². The Kier molecular flexibility index (Phi) is 5.83. The van der Waals surface area contributed by atoms with Crippen molar-refractivity contribution in [2.75, 3.05) is 7.11 Å². The van der Waals surface area contributed by atoms with Crippen molar-refractivity contribution in [1.82, 2.24) is 5.32 Å². The average Bonchev–Trinajstić information content (AvgIpc) is 3.34. The second-order valence-corrected chi connectivity index (χ2v) is 7.99. The molecule has 1 aromatic heterocycles. The second-order valence-electron chi connectivity index (χ2n) is 7.58. The lowest BCUT2D eigenvalue weighted by molar-refractivity contribution is -0.143. The van der Waals surface area contributed by atoms with E-state index >= 15 is 0 Å². The van der Waals surface area contributed by atoms with E-state index in [1.165, 1.54) is 25.3 Å². The summed E-state index contributed by atoms with van der Waals surface area (Å²) in [7, 11) is 1.30. The molecule has 1 heterocycles. The minimum atomic E-state index is -0.704. The van der Waals surface area contributed by atoms with Crippen molar-refractivity contribution in [3.63, 3.8) is 0 Å². The van der Waals surface area contributed by atoms with E-state index in [2.05, 4.69) is 5.32 Å².